The fraction of sp³-hybridized carbons (Fsp3) is 0.375. The normalized spacial score (nSPS) is 18.1. The molecule has 2 aromatic rings. The van der Waals surface area contributed by atoms with E-state index in [1.54, 1.807) is 11.3 Å². The summed E-state index contributed by atoms with van der Waals surface area (Å²) in [6, 6.07) is 8.54. The highest BCUT2D eigenvalue weighted by atomic mass is 32.1. The Morgan fingerprint density at radius 3 is 3.05 bits per heavy atom. The molecule has 1 unspecified atom stereocenters. The van der Waals surface area contributed by atoms with Gasteiger partial charge in [0.2, 0.25) is 0 Å². The zero-order valence-corrected chi connectivity index (χ0v) is 11.9. The number of carbonyl (C=O) groups excluding carboxylic acids is 1. The fourth-order valence-corrected chi connectivity index (χ4v) is 3.50. The maximum atomic E-state index is 12.3. The molecule has 0 fully saturated rings. The number of hydrogen-bond donors (Lipinski definition) is 0. The molecule has 0 aliphatic heterocycles. The summed E-state index contributed by atoms with van der Waals surface area (Å²) in [4.78, 5) is 16.6. The Hall–Kier alpha value is -1.48. The van der Waals surface area contributed by atoms with Crippen LogP contribution >= 0.6 is 11.3 Å². The average Bonchev–Trinajstić information content (AvgIpc) is 2.86. The predicted octanol–water partition coefficient (Wildman–Crippen LogP) is 4.14. The largest absolute Gasteiger partial charge is 0.292 e. The number of rotatable bonds is 3. The van der Waals surface area contributed by atoms with Gasteiger partial charge in [0.05, 0.1) is 5.01 Å². The van der Waals surface area contributed by atoms with Crippen molar-refractivity contribution < 1.29 is 4.79 Å². The van der Waals surface area contributed by atoms with Crippen LogP contribution in [0.3, 0.4) is 0 Å². The third kappa shape index (κ3) is 2.61. The van der Waals surface area contributed by atoms with Gasteiger partial charge in [-0.2, -0.15) is 0 Å². The fourth-order valence-electron chi connectivity index (χ4n) is 2.89. The standard InChI is InChI=1S/C16H17NOS/c1-11-17-15(10-19-11)16(18)9-13-7-4-6-12-5-2-3-8-14(12)13/h2-3,5,8,10,13H,4,6-7,9H2,1H3. The molecule has 3 heteroatoms. The summed E-state index contributed by atoms with van der Waals surface area (Å²) >= 11 is 1.55. The van der Waals surface area contributed by atoms with Crippen molar-refractivity contribution in [3.8, 4) is 0 Å². The van der Waals surface area contributed by atoms with Gasteiger partial charge in [0.15, 0.2) is 5.78 Å². The first-order valence-electron chi connectivity index (χ1n) is 6.77. The van der Waals surface area contributed by atoms with Gasteiger partial charge in [0.25, 0.3) is 0 Å². The summed E-state index contributed by atoms with van der Waals surface area (Å²) in [5.41, 5.74) is 3.43. The molecule has 1 aromatic heterocycles. The van der Waals surface area contributed by atoms with Gasteiger partial charge in [0.1, 0.15) is 5.69 Å². The molecule has 98 valence electrons. The maximum Gasteiger partial charge on any atom is 0.182 e. The zero-order chi connectivity index (χ0) is 13.2. The summed E-state index contributed by atoms with van der Waals surface area (Å²) in [6.45, 7) is 1.94. The van der Waals surface area contributed by atoms with Crippen LogP contribution in [0.5, 0.6) is 0 Å². The van der Waals surface area contributed by atoms with E-state index in [2.05, 4.69) is 29.2 Å². The van der Waals surface area contributed by atoms with Gasteiger partial charge < -0.3 is 0 Å². The number of nitrogens with zero attached hydrogens (tertiary/aromatic N) is 1. The summed E-state index contributed by atoms with van der Waals surface area (Å²) in [5.74, 6) is 0.561. The number of aromatic nitrogens is 1. The van der Waals surface area contributed by atoms with Crippen molar-refractivity contribution >= 4 is 17.1 Å². The van der Waals surface area contributed by atoms with Crippen LogP contribution in [0.15, 0.2) is 29.6 Å². The number of Topliss-reactive ketones (excluding diaryl/α,β-unsaturated/α-hetero) is 1. The van der Waals surface area contributed by atoms with E-state index in [1.807, 2.05) is 12.3 Å². The Morgan fingerprint density at radius 2 is 2.26 bits per heavy atom. The van der Waals surface area contributed by atoms with Crippen LogP contribution in [-0.2, 0) is 6.42 Å². The summed E-state index contributed by atoms with van der Waals surface area (Å²) < 4.78 is 0. The van der Waals surface area contributed by atoms with E-state index in [9.17, 15) is 4.79 Å². The minimum absolute atomic E-state index is 0.186. The van der Waals surface area contributed by atoms with E-state index >= 15 is 0 Å². The number of aryl methyl sites for hydroxylation is 2. The highest BCUT2D eigenvalue weighted by molar-refractivity contribution is 7.09. The molecule has 19 heavy (non-hydrogen) atoms. The first kappa shape index (κ1) is 12.5. The lowest BCUT2D eigenvalue weighted by Crippen LogP contribution is -2.14. The van der Waals surface area contributed by atoms with Gasteiger partial charge in [-0.1, -0.05) is 24.3 Å². The van der Waals surface area contributed by atoms with Gasteiger partial charge in [-0.25, -0.2) is 4.98 Å². The number of thiazole rings is 1. The zero-order valence-electron chi connectivity index (χ0n) is 11.1. The molecule has 1 atom stereocenters. The molecule has 1 aliphatic carbocycles. The van der Waals surface area contributed by atoms with E-state index in [0.29, 0.717) is 18.0 Å². The van der Waals surface area contributed by atoms with Crippen LogP contribution in [-0.4, -0.2) is 10.8 Å². The first-order valence-corrected chi connectivity index (χ1v) is 7.65. The lowest BCUT2D eigenvalue weighted by atomic mass is 9.80. The van der Waals surface area contributed by atoms with Gasteiger partial charge in [0, 0.05) is 11.8 Å². The second-order valence-electron chi connectivity index (χ2n) is 5.17. The van der Waals surface area contributed by atoms with Crippen LogP contribution in [0, 0.1) is 6.92 Å². The highest BCUT2D eigenvalue weighted by Gasteiger charge is 2.23. The maximum absolute atomic E-state index is 12.3. The van der Waals surface area contributed by atoms with Crippen molar-refractivity contribution in [2.75, 3.05) is 0 Å². The highest BCUT2D eigenvalue weighted by Crippen LogP contribution is 2.34. The molecule has 0 saturated heterocycles. The van der Waals surface area contributed by atoms with Crippen LogP contribution in [0.1, 0.15) is 51.8 Å². The van der Waals surface area contributed by atoms with Crippen molar-refractivity contribution in [2.24, 2.45) is 0 Å². The van der Waals surface area contributed by atoms with Crippen LogP contribution in [0.2, 0.25) is 0 Å². The number of hydrogen-bond acceptors (Lipinski definition) is 3. The molecule has 0 spiro atoms. The lowest BCUT2D eigenvalue weighted by Gasteiger charge is -2.24. The third-order valence-corrected chi connectivity index (χ3v) is 4.60. The van der Waals surface area contributed by atoms with Crippen LogP contribution < -0.4 is 0 Å². The van der Waals surface area contributed by atoms with Crippen molar-refractivity contribution in [3.05, 3.63) is 51.5 Å². The predicted molar refractivity (Wildman–Crippen MR) is 77.9 cm³/mol. The van der Waals surface area contributed by atoms with Crippen molar-refractivity contribution in [1.82, 2.24) is 4.98 Å². The molecule has 1 aromatic carbocycles. The molecular formula is C16H17NOS. The van der Waals surface area contributed by atoms with E-state index in [0.717, 1.165) is 17.8 Å². The summed E-state index contributed by atoms with van der Waals surface area (Å²) in [5, 5.41) is 2.85. The number of fused-ring (bicyclic) bond motifs is 1. The summed E-state index contributed by atoms with van der Waals surface area (Å²) in [7, 11) is 0. The molecule has 3 rings (SSSR count). The molecule has 1 aliphatic rings. The Morgan fingerprint density at radius 1 is 1.42 bits per heavy atom. The van der Waals surface area contributed by atoms with Gasteiger partial charge >= 0.3 is 0 Å². The van der Waals surface area contributed by atoms with E-state index in [4.69, 9.17) is 0 Å². The monoisotopic (exact) mass is 271 g/mol. The Kier molecular flexibility index (Phi) is 3.47. The molecule has 0 radical (unpaired) electrons. The van der Waals surface area contributed by atoms with Gasteiger partial charge in [-0.05, 0) is 43.2 Å². The SMILES string of the molecule is Cc1nc(C(=O)CC2CCCc3ccccc32)cs1. The van der Waals surface area contributed by atoms with Crippen LogP contribution in [0.4, 0.5) is 0 Å². The van der Waals surface area contributed by atoms with Gasteiger partial charge in [-0.3, -0.25) is 4.79 Å². The van der Waals surface area contributed by atoms with Crippen molar-refractivity contribution in [1.29, 1.82) is 0 Å². The Bertz CT molecular complexity index is 602. The smallest absolute Gasteiger partial charge is 0.182 e. The quantitative estimate of drug-likeness (QED) is 0.785. The molecule has 0 N–H and O–H groups in total. The lowest BCUT2D eigenvalue weighted by molar-refractivity contribution is 0.0966. The van der Waals surface area contributed by atoms with E-state index in [-0.39, 0.29) is 5.78 Å². The van der Waals surface area contributed by atoms with Crippen molar-refractivity contribution in [2.45, 2.75) is 38.5 Å². The summed E-state index contributed by atoms with van der Waals surface area (Å²) in [6.07, 6.45) is 4.05. The molecule has 1 heterocycles. The van der Waals surface area contributed by atoms with Gasteiger partial charge in [-0.15, -0.1) is 11.3 Å². The molecule has 0 amide bonds. The molecule has 0 bridgehead atoms. The molecular weight excluding hydrogens is 254 g/mol. The van der Waals surface area contributed by atoms with Crippen LogP contribution in [0.25, 0.3) is 0 Å². The average molecular weight is 271 g/mol. The Balaban J connectivity index is 1.79. The van der Waals surface area contributed by atoms with E-state index in [1.165, 1.54) is 17.5 Å². The topological polar surface area (TPSA) is 30.0 Å². The third-order valence-electron chi connectivity index (χ3n) is 3.83. The Labute approximate surface area is 117 Å². The van der Waals surface area contributed by atoms with Crippen molar-refractivity contribution in [3.63, 3.8) is 0 Å². The number of benzene rings is 1. The van der Waals surface area contributed by atoms with E-state index < -0.39 is 0 Å². The number of carbonyl (C=O) groups is 1. The second kappa shape index (κ2) is 5.25. The second-order valence-corrected chi connectivity index (χ2v) is 6.23. The minimum atomic E-state index is 0.186. The first-order chi connectivity index (χ1) is 9.24. The molecule has 2 nitrogen and oxygen atoms in total. The minimum Gasteiger partial charge on any atom is -0.292 e. The number of ketones is 1. The molecule has 0 saturated carbocycles.